The topological polar surface area (TPSA) is 125 Å². The number of fused-ring (bicyclic) bond motifs is 1. The zero-order chi connectivity index (χ0) is 20.5. The third-order valence-electron chi connectivity index (χ3n) is 5.33. The van der Waals surface area contributed by atoms with Crippen LogP contribution in [0.15, 0.2) is 48.8 Å². The lowest BCUT2D eigenvalue weighted by Gasteiger charge is -2.30. The number of rotatable bonds is 4. The Morgan fingerprint density at radius 1 is 1.10 bits per heavy atom. The molecular formula is C21H21N5O3. The van der Waals surface area contributed by atoms with Crippen LogP contribution >= 0.6 is 0 Å². The van der Waals surface area contributed by atoms with Gasteiger partial charge in [-0.05, 0) is 37.1 Å². The largest absolute Gasteiger partial charge is 0.481 e. The maximum atomic E-state index is 12.7. The number of pyridine rings is 1. The fourth-order valence-corrected chi connectivity index (χ4v) is 3.58. The molecule has 8 nitrogen and oxygen atoms in total. The highest BCUT2D eigenvalue weighted by Crippen LogP contribution is 2.23. The van der Waals surface area contributed by atoms with Crippen molar-refractivity contribution in [3.05, 3.63) is 59.9 Å². The molecule has 1 saturated heterocycles. The minimum Gasteiger partial charge on any atom is -0.481 e. The highest BCUT2D eigenvalue weighted by atomic mass is 16.4. The summed E-state index contributed by atoms with van der Waals surface area (Å²) >= 11 is 0. The third-order valence-corrected chi connectivity index (χ3v) is 5.33. The zero-order valence-electron chi connectivity index (χ0n) is 15.7. The van der Waals surface area contributed by atoms with Crippen LogP contribution in [0.4, 0.5) is 0 Å². The van der Waals surface area contributed by atoms with E-state index in [-0.39, 0.29) is 17.7 Å². The summed E-state index contributed by atoms with van der Waals surface area (Å²) in [5.74, 6) is -1.24. The highest BCUT2D eigenvalue weighted by molar-refractivity contribution is 5.96. The number of nitrogens with two attached hydrogens (primary N) is 1. The number of aromatic nitrogens is 2. The van der Waals surface area contributed by atoms with E-state index in [1.54, 1.807) is 35.4 Å². The number of amidine groups is 1. The van der Waals surface area contributed by atoms with Gasteiger partial charge < -0.3 is 20.1 Å². The van der Waals surface area contributed by atoms with Crippen molar-refractivity contribution < 1.29 is 14.7 Å². The van der Waals surface area contributed by atoms with Crippen molar-refractivity contribution in [1.29, 1.82) is 5.41 Å². The number of imidazole rings is 1. The fraction of sp³-hybridized carbons (Fsp3) is 0.238. The van der Waals surface area contributed by atoms with E-state index in [2.05, 4.69) is 4.98 Å². The monoisotopic (exact) mass is 391 g/mol. The number of carbonyl (C=O) groups excluding carboxylic acids is 1. The molecule has 0 atom stereocenters. The molecule has 4 rings (SSSR count). The molecule has 0 aliphatic carbocycles. The molecule has 0 spiro atoms. The number of amides is 1. The Balaban J connectivity index is 1.50. The molecule has 8 heteroatoms. The number of carboxylic acids is 1. The molecule has 0 bridgehead atoms. The average Bonchev–Trinajstić information content (AvgIpc) is 3.16. The molecule has 1 aromatic carbocycles. The number of carbonyl (C=O) groups is 2. The molecule has 0 radical (unpaired) electrons. The fourth-order valence-electron chi connectivity index (χ4n) is 3.58. The number of nitrogen functional groups attached to an aromatic ring is 1. The summed E-state index contributed by atoms with van der Waals surface area (Å²) in [6.07, 6.45) is 4.67. The average molecular weight is 391 g/mol. The summed E-state index contributed by atoms with van der Waals surface area (Å²) in [6, 6.07) is 10.8. The van der Waals surface area contributed by atoms with E-state index in [4.69, 9.17) is 16.2 Å². The number of nitrogens with one attached hydrogen (secondary N) is 1. The number of piperidine rings is 1. The first-order valence-electron chi connectivity index (χ1n) is 9.38. The van der Waals surface area contributed by atoms with Crippen LogP contribution in [0.25, 0.3) is 16.9 Å². The molecule has 3 heterocycles. The quantitative estimate of drug-likeness (QED) is 0.465. The predicted molar refractivity (Wildman–Crippen MR) is 108 cm³/mol. The van der Waals surface area contributed by atoms with Crippen LogP contribution < -0.4 is 5.73 Å². The van der Waals surface area contributed by atoms with Crippen LogP contribution in [0.3, 0.4) is 0 Å². The molecule has 1 aliphatic rings. The normalized spacial score (nSPS) is 14.8. The second-order valence-corrected chi connectivity index (χ2v) is 7.20. The summed E-state index contributed by atoms with van der Waals surface area (Å²) in [5, 5.41) is 16.6. The lowest BCUT2D eigenvalue weighted by molar-refractivity contribution is -0.143. The molecule has 1 fully saturated rings. The van der Waals surface area contributed by atoms with E-state index >= 15 is 0 Å². The van der Waals surface area contributed by atoms with Gasteiger partial charge in [0.2, 0.25) is 0 Å². The number of benzene rings is 1. The molecule has 0 saturated carbocycles. The van der Waals surface area contributed by atoms with Crippen molar-refractivity contribution in [2.24, 2.45) is 11.7 Å². The van der Waals surface area contributed by atoms with Gasteiger partial charge in [0.15, 0.2) is 0 Å². The Morgan fingerprint density at radius 2 is 1.79 bits per heavy atom. The lowest BCUT2D eigenvalue weighted by atomic mass is 9.96. The van der Waals surface area contributed by atoms with E-state index in [1.807, 2.05) is 22.7 Å². The standard InChI is InChI=1S/C21H21N5O3/c22-19(23)16-7-10-26-12-17(24-18(26)11-16)13-1-3-14(4-2-13)20(27)25-8-5-15(6-9-25)21(28)29/h1-4,7,10-12,15H,5-6,8-9H2,(H3,22,23)(H,28,29). The zero-order valence-corrected chi connectivity index (χ0v) is 15.7. The molecule has 3 aromatic rings. The van der Waals surface area contributed by atoms with Gasteiger partial charge in [-0.3, -0.25) is 15.0 Å². The van der Waals surface area contributed by atoms with Crippen molar-refractivity contribution in [3.63, 3.8) is 0 Å². The van der Waals surface area contributed by atoms with Crippen molar-refractivity contribution in [1.82, 2.24) is 14.3 Å². The molecule has 1 aliphatic heterocycles. The summed E-state index contributed by atoms with van der Waals surface area (Å²) in [4.78, 5) is 30.0. The molecule has 1 amide bonds. The second-order valence-electron chi connectivity index (χ2n) is 7.20. The Labute approximate surface area is 167 Å². The molecule has 148 valence electrons. The molecular weight excluding hydrogens is 370 g/mol. The SMILES string of the molecule is N=C(N)c1ccn2cc(-c3ccc(C(=O)N4CCC(C(=O)O)CC4)cc3)nc2c1. The first kappa shape index (κ1) is 18.7. The number of hydrogen-bond acceptors (Lipinski definition) is 4. The van der Waals surface area contributed by atoms with Gasteiger partial charge in [0, 0.05) is 42.2 Å². The number of nitrogens with zero attached hydrogens (tertiary/aromatic N) is 3. The van der Waals surface area contributed by atoms with Gasteiger partial charge in [0.25, 0.3) is 5.91 Å². The summed E-state index contributed by atoms with van der Waals surface area (Å²) in [5.41, 5.74) is 9.04. The number of carboxylic acid groups (broad SMARTS) is 1. The van der Waals surface area contributed by atoms with Crippen molar-refractivity contribution >= 4 is 23.4 Å². The number of hydrogen-bond donors (Lipinski definition) is 3. The first-order chi connectivity index (χ1) is 13.9. The maximum absolute atomic E-state index is 12.7. The van der Waals surface area contributed by atoms with Gasteiger partial charge >= 0.3 is 5.97 Å². The van der Waals surface area contributed by atoms with Crippen LogP contribution in [-0.4, -0.2) is 50.2 Å². The van der Waals surface area contributed by atoms with Crippen LogP contribution in [0, 0.1) is 11.3 Å². The van der Waals surface area contributed by atoms with Crippen LogP contribution in [0.2, 0.25) is 0 Å². The van der Waals surface area contributed by atoms with Crippen molar-refractivity contribution in [3.8, 4) is 11.3 Å². The lowest BCUT2D eigenvalue weighted by Crippen LogP contribution is -2.40. The van der Waals surface area contributed by atoms with Gasteiger partial charge in [-0.25, -0.2) is 4.98 Å². The minimum absolute atomic E-state index is 0.00713. The van der Waals surface area contributed by atoms with Gasteiger partial charge in [-0.15, -0.1) is 0 Å². The molecule has 4 N–H and O–H groups in total. The van der Waals surface area contributed by atoms with Crippen molar-refractivity contribution in [2.45, 2.75) is 12.8 Å². The Kier molecular flexibility index (Phi) is 4.75. The van der Waals surface area contributed by atoms with Gasteiger partial charge in [0.1, 0.15) is 11.5 Å². The van der Waals surface area contributed by atoms with Gasteiger partial charge in [0.05, 0.1) is 11.6 Å². The van der Waals surface area contributed by atoms with Crippen LogP contribution in [-0.2, 0) is 4.79 Å². The third kappa shape index (κ3) is 3.69. The van der Waals surface area contributed by atoms with Crippen LogP contribution in [0.5, 0.6) is 0 Å². The van der Waals surface area contributed by atoms with E-state index < -0.39 is 5.97 Å². The van der Waals surface area contributed by atoms with Crippen molar-refractivity contribution in [2.75, 3.05) is 13.1 Å². The Bertz CT molecular complexity index is 1100. The molecule has 29 heavy (non-hydrogen) atoms. The van der Waals surface area contributed by atoms with E-state index in [0.717, 1.165) is 11.3 Å². The Hall–Kier alpha value is -3.68. The Morgan fingerprint density at radius 3 is 2.41 bits per heavy atom. The van der Waals surface area contributed by atoms with Crippen LogP contribution in [0.1, 0.15) is 28.8 Å². The number of likely N-dealkylation sites (tertiary alicyclic amines) is 1. The summed E-state index contributed by atoms with van der Waals surface area (Å²) in [6.45, 7) is 0.922. The minimum atomic E-state index is -0.788. The number of aliphatic carboxylic acids is 1. The molecule has 0 unspecified atom stereocenters. The second kappa shape index (κ2) is 7.38. The summed E-state index contributed by atoms with van der Waals surface area (Å²) in [7, 11) is 0. The maximum Gasteiger partial charge on any atom is 0.306 e. The highest BCUT2D eigenvalue weighted by Gasteiger charge is 2.27. The van der Waals surface area contributed by atoms with Gasteiger partial charge in [-0.1, -0.05) is 12.1 Å². The van der Waals surface area contributed by atoms with E-state index in [9.17, 15) is 9.59 Å². The van der Waals surface area contributed by atoms with E-state index in [0.29, 0.717) is 42.7 Å². The summed E-state index contributed by atoms with van der Waals surface area (Å²) < 4.78 is 1.85. The van der Waals surface area contributed by atoms with E-state index in [1.165, 1.54) is 0 Å². The van der Waals surface area contributed by atoms with Gasteiger partial charge in [-0.2, -0.15) is 0 Å². The molecule has 2 aromatic heterocycles. The smallest absolute Gasteiger partial charge is 0.306 e. The predicted octanol–water partition coefficient (Wildman–Crippen LogP) is 2.22. The first-order valence-corrected chi connectivity index (χ1v) is 9.38.